The number of hydrogen-bond donors (Lipinski definition) is 0. The second-order valence-electron chi connectivity index (χ2n) is 12.3. The van der Waals surface area contributed by atoms with Crippen LogP contribution in [-0.2, 0) is 20.9 Å². The Kier molecular flexibility index (Phi) is 9.57. The quantitative estimate of drug-likeness (QED) is 0.478. The van der Waals surface area contributed by atoms with Gasteiger partial charge in [0.2, 0.25) is 11.8 Å². The number of nitrogens with zero attached hydrogens (tertiary/aromatic N) is 3. The molecular weight excluding hydrogens is 538 g/mol. The summed E-state index contributed by atoms with van der Waals surface area (Å²) in [4.78, 5) is 33.8. The molecule has 41 heavy (non-hydrogen) atoms. The van der Waals surface area contributed by atoms with Crippen molar-refractivity contribution in [3.8, 4) is 5.75 Å². The Bertz CT molecular complexity index is 1160. The highest BCUT2D eigenvalue weighted by molar-refractivity contribution is 5.85. The van der Waals surface area contributed by atoms with Crippen LogP contribution >= 0.6 is 12.4 Å². The monoisotopic (exact) mass is 581 g/mol. The maximum Gasteiger partial charge on any atom is 0.229 e. The van der Waals surface area contributed by atoms with Crippen LogP contribution in [0.5, 0.6) is 5.75 Å². The predicted molar refractivity (Wildman–Crippen MR) is 161 cm³/mol. The highest BCUT2D eigenvalue weighted by Crippen LogP contribution is 2.43. The number of amides is 2. The lowest BCUT2D eigenvalue weighted by Gasteiger charge is -2.39. The summed E-state index contributed by atoms with van der Waals surface area (Å²) in [5, 5.41) is 0. The van der Waals surface area contributed by atoms with Crippen molar-refractivity contribution in [1.82, 2.24) is 14.7 Å². The van der Waals surface area contributed by atoms with Crippen LogP contribution in [0.2, 0.25) is 0 Å². The van der Waals surface area contributed by atoms with E-state index in [0.29, 0.717) is 43.4 Å². The van der Waals surface area contributed by atoms with E-state index in [0.717, 1.165) is 82.7 Å². The van der Waals surface area contributed by atoms with E-state index in [-0.39, 0.29) is 23.7 Å². The van der Waals surface area contributed by atoms with Crippen molar-refractivity contribution in [3.63, 3.8) is 0 Å². The molecule has 4 aliphatic heterocycles. The highest BCUT2D eigenvalue weighted by Gasteiger charge is 2.48. The van der Waals surface area contributed by atoms with Gasteiger partial charge in [-0.15, -0.1) is 12.4 Å². The number of piperidine rings is 1. The van der Waals surface area contributed by atoms with E-state index in [9.17, 15) is 9.59 Å². The third-order valence-corrected chi connectivity index (χ3v) is 9.99. The smallest absolute Gasteiger partial charge is 0.229 e. The topological polar surface area (TPSA) is 62.3 Å². The zero-order valence-corrected chi connectivity index (χ0v) is 25.0. The zero-order chi connectivity index (χ0) is 27.5. The number of hydrogen-bond acceptors (Lipinski definition) is 5. The van der Waals surface area contributed by atoms with E-state index >= 15 is 0 Å². The summed E-state index contributed by atoms with van der Waals surface area (Å²) >= 11 is 0. The molecule has 4 saturated heterocycles. The van der Waals surface area contributed by atoms with Gasteiger partial charge in [0.15, 0.2) is 0 Å². The predicted octanol–water partition coefficient (Wildman–Crippen LogP) is 4.60. The Morgan fingerprint density at radius 3 is 2.32 bits per heavy atom. The van der Waals surface area contributed by atoms with Gasteiger partial charge < -0.3 is 24.2 Å². The molecule has 0 aromatic heterocycles. The Balaban J connectivity index is 0.00000337. The van der Waals surface area contributed by atoms with Gasteiger partial charge in [0.1, 0.15) is 5.75 Å². The lowest BCUT2D eigenvalue weighted by atomic mass is 9.76. The number of likely N-dealkylation sites (tertiary alicyclic amines) is 3. The molecule has 222 valence electrons. The van der Waals surface area contributed by atoms with Gasteiger partial charge in [-0.1, -0.05) is 42.5 Å². The molecule has 0 N–H and O–H groups in total. The number of rotatable bonds is 7. The second-order valence-corrected chi connectivity index (χ2v) is 12.3. The van der Waals surface area contributed by atoms with Gasteiger partial charge in [-0.3, -0.25) is 9.59 Å². The van der Waals surface area contributed by atoms with Crippen LogP contribution in [0.25, 0.3) is 0 Å². The molecule has 2 aromatic rings. The number of halogens is 1. The normalized spacial score (nSPS) is 25.0. The summed E-state index contributed by atoms with van der Waals surface area (Å²) < 4.78 is 10.8. The zero-order valence-electron chi connectivity index (χ0n) is 24.2. The van der Waals surface area contributed by atoms with E-state index in [1.807, 2.05) is 12.1 Å². The van der Waals surface area contributed by atoms with Crippen molar-refractivity contribution in [2.24, 2.45) is 17.3 Å². The number of carbonyl (C=O) groups excluding carboxylic acids is 2. The number of methoxy groups -OCH3 is 1. The van der Waals surface area contributed by atoms with Crippen LogP contribution in [0.1, 0.15) is 49.1 Å². The summed E-state index contributed by atoms with van der Waals surface area (Å²) in [5.41, 5.74) is 2.28. The lowest BCUT2D eigenvalue weighted by molar-refractivity contribution is -0.139. The Hall–Kier alpha value is -2.61. The fourth-order valence-electron chi connectivity index (χ4n) is 7.47. The molecule has 2 amide bonds. The summed E-state index contributed by atoms with van der Waals surface area (Å²) in [6.07, 6.45) is 4.50. The molecule has 4 fully saturated rings. The van der Waals surface area contributed by atoms with Gasteiger partial charge in [0.05, 0.1) is 12.5 Å². The number of ether oxygens (including phenoxy) is 2. The minimum Gasteiger partial charge on any atom is -0.497 e. The van der Waals surface area contributed by atoms with E-state index in [2.05, 4.69) is 57.2 Å². The van der Waals surface area contributed by atoms with Crippen LogP contribution < -0.4 is 4.74 Å². The molecule has 1 spiro atoms. The molecule has 4 aliphatic rings. The first-order chi connectivity index (χ1) is 19.5. The average molecular weight is 582 g/mol. The van der Waals surface area contributed by atoms with Crippen LogP contribution in [0.15, 0.2) is 54.6 Å². The van der Waals surface area contributed by atoms with Gasteiger partial charge in [0, 0.05) is 57.8 Å². The molecule has 8 heteroatoms. The number of benzene rings is 2. The average Bonchev–Trinajstić information content (AvgIpc) is 3.56. The van der Waals surface area contributed by atoms with E-state index in [1.54, 1.807) is 7.11 Å². The van der Waals surface area contributed by atoms with Crippen LogP contribution in [-0.4, -0.2) is 86.1 Å². The lowest BCUT2D eigenvalue weighted by Crippen LogP contribution is -2.46. The molecule has 0 aliphatic carbocycles. The van der Waals surface area contributed by atoms with Crippen molar-refractivity contribution in [1.29, 1.82) is 0 Å². The summed E-state index contributed by atoms with van der Waals surface area (Å²) in [6, 6.07) is 18.8. The fourth-order valence-corrected chi connectivity index (χ4v) is 7.47. The van der Waals surface area contributed by atoms with Crippen LogP contribution in [0.4, 0.5) is 0 Å². The van der Waals surface area contributed by atoms with Crippen molar-refractivity contribution in [2.45, 2.75) is 44.6 Å². The molecule has 0 unspecified atom stereocenters. The Labute approximate surface area is 250 Å². The van der Waals surface area contributed by atoms with Crippen molar-refractivity contribution >= 4 is 24.2 Å². The molecule has 2 atom stereocenters. The first kappa shape index (κ1) is 29.9. The third kappa shape index (κ3) is 6.42. The van der Waals surface area contributed by atoms with E-state index < -0.39 is 0 Å². The van der Waals surface area contributed by atoms with Crippen LogP contribution in [0.3, 0.4) is 0 Å². The summed E-state index contributed by atoms with van der Waals surface area (Å²) in [7, 11) is 1.67. The van der Waals surface area contributed by atoms with Gasteiger partial charge in [-0.25, -0.2) is 0 Å². The first-order valence-electron chi connectivity index (χ1n) is 15.1. The molecule has 6 rings (SSSR count). The van der Waals surface area contributed by atoms with Crippen molar-refractivity contribution in [2.75, 3.05) is 59.6 Å². The molecule has 0 saturated carbocycles. The van der Waals surface area contributed by atoms with Crippen molar-refractivity contribution < 1.29 is 19.1 Å². The molecule has 2 aromatic carbocycles. The SMILES string of the molecule is COc1ccc(CN2CCC3(CCN(C[C@H]4CN(C(=O)C5CCOCC5)C[C@@H]4c4ccccc4)CC3)C2=O)cc1.Cl. The van der Waals surface area contributed by atoms with Crippen LogP contribution in [0, 0.1) is 17.3 Å². The largest absolute Gasteiger partial charge is 0.497 e. The fraction of sp³-hybridized carbons (Fsp3) is 0.576. The first-order valence-corrected chi connectivity index (χ1v) is 15.1. The highest BCUT2D eigenvalue weighted by atomic mass is 35.5. The maximum atomic E-state index is 13.6. The Morgan fingerprint density at radius 2 is 1.63 bits per heavy atom. The molecule has 0 radical (unpaired) electrons. The minimum atomic E-state index is -0.206. The van der Waals surface area contributed by atoms with Crippen molar-refractivity contribution in [3.05, 3.63) is 65.7 Å². The second kappa shape index (κ2) is 13.1. The molecule has 0 bridgehead atoms. The minimum absolute atomic E-state index is 0. The standard InChI is InChI=1S/C33H43N3O4.ClH/c1-39-29-9-7-25(8-10-29)21-35-18-15-33(32(35)38)13-16-34(17-14-33)22-28-23-36(31(37)27-11-19-40-20-12-27)24-30(28)26-5-3-2-4-6-26;/h2-10,27-28,30H,11-24H2,1H3;1H/t28-,30+;/m0./s1. The third-order valence-electron chi connectivity index (χ3n) is 9.99. The van der Waals surface area contributed by atoms with E-state index in [4.69, 9.17) is 9.47 Å². The van der Waals surface area contributed by atoms with Gasteiger partial charge in [-0.2, -0.15) is 0 Å². The van der Waals surface area contributed by atoms with Gasteiger partial charge >= 0.3 is 0 Å². The Morgan fingerprint density at radius 1 is 0.951 bits per heavy atom. The maximum absolute atomic E-state index is 13.6. The summed E-state index contributed by atoms with van der Waals surface area (Å²) in [6.45, 7) is 7.43. The molecule has 4 heterocycles. The molecular formula is C33H44ClN3O4. The number of carbonyl (C=O) groups is 2. The van der Waals surface area contributed by atoms with E-state index in [1.165, 1.54) is 5.56 Å². The molecule has 7 nitrogen and oxygen atoms in total. The van der Waals surface area contributed by atoms with Gasteiger partial charge in [0.25, 0.3) is 0 Å². The summed E-state index contributed by atoms with van der Waals surface area (Å²) in [5.74, 6) is 2.36. The van der Waals surface area contributed by atoms with Gasteiger partial charge in [-0.05, 0) is 74.4 Å².